The summed E-state index contributed by atoms with van der Waals surface area (Å²) < 4.78 is 31.8. The number of benzene rings is 1. The monoisotopic (exact) mass is 199 g/mol. The Morgan fingerprint density at radius 2 is 2.21 bits per heavy atom. The molecule has 1 aliphatic rings. The lowest BCUT2D eigenvalue weighted by molar-refractivity contribution is 0.379. The SMILES string of the molecule is COc1cc(F)c2c(c1F)[C@H](N)CC2. The summed E-state index contributed by atoms with van der Waals surface area (Å²) in [5.74, 6) is -1.02. The van der Waals surface area contributed by atoms with E-state index < -0.39 is 17.7 Å². The van der Waals surface area contributed by atoms with Crippen LogP contribution < -0.4 is 10.5 Å². The first-order valence-corrected chi connectivity index (χ1v) is 4.45. The number of nitrogens with two attached hydrogens (primary N) is 1. The van der Waals surface area contributed by atoms with E-state index in [1.165, 1.54) is 7.11 Å². The number of rotatable bonds is 1. The third-order valence-corrected chi connectivity index (χ3v) is 2.62. The Bertz CT molecular complexity index is 379. The highest BCUT2D eigenvalue weighted by Crippen LogP contribution is 2.37. The molecule has 2 rings (SSSR count). The molecule has 76 valence electrons. The van der Waals surface area contributed by atoms with Gasteiger partial charge in [0, 0.05) is 17.7 Å². The molecular weight excluding hydrogens is 188 g/mol. The standard InChI is InChI=1S/C10H11F2NO/c1-14-8-4-6(11)5-2-3-7(13)9(5)10(8)12/h4,7H,2-3,13H2,1H3/t7-/m1/s1. The van der Waals surface area contributed by atoms with Crippen molar-refractivity contribution < 1.29 is 13.5 Å². The van der Waals surface area contributed by atoms with Crippen LogP contribution in [0.4, 0.5) is 8.78 Å². The Kier molecular flexibility index (Phi) is 2.15. The molecule has 2 nitrogen and oxygen atoms in total. The van der Waals surface area contributed by atoms with Crippen LogP contribution in [0.1, 0.15) is 23.6 Å². The van der Waals surface area contributed by atoms with Crippen LogP contribution in [0.25, 0.3) is 0 Å². The molecule has 0 spiro atoms. The summed E-state index contributed by atoms with van der Waals surface area (Å²) in [5.41, 5.74) is 6.36. The molecule has 0 saturated carbocycles. The van der Waals surface area contributed by atoms with Gasteiger partial charge in [-0.3, -0.25) is 0 Å². The van der Waals surface area contributed by atoms with Crippen molar-refractivity contribution in [2.75, 3.05) is 7.11 Å². The smallest absolute Gasteiger partial charge is 0.170 e. The Morgan fingerprint density at radius 1 is 1.50 bits per heavy atom. The van der Waals surface area contributed by atoms with Gasteiger partial charge >= 0.3 is 0 Å². The summed E-state index contributed by atoms with van der Waals surface area (Å²) in [7, 11) is 1.31. The maximum Gasteiger partial charge on any atom is 0.170 e. The van der Waals surface area contributed by atoms with Gasteiger partial charge < -0.3 is 10.5 Å². The molecule has 0 unspecified atom stereocenters. The minimum absolute atomic E-state index is 0.0707. The molecule has 0 bridgehead atoms. The fourth-order valence-electron chi connectivity index (χ4n) is 1.89. The molecule has 0 fully saturated rings. The van der Waals surface area contributed by atoms with Crippen LogP contribution in [0.3, 0.4) is 0 Å². The van der Waals surface area contributed by atoms with Crippen LogP contribution in [0.15, 0.2) is 6.07 Å². The lowest BCUT2D eigenvalue weighted by Gasteiger charge is -2.10. The van der Waals surface area contributed by atoms with Crippen molar-refractivity contribution in [2.45, 2.75) is 18.9 Å². The van der Waals surface area contributed by atoms with Crippen LogP contribution in [-0.4, -0.2) is 7.11 Å². The first-order valence-electron chi connectivity index (χ1n) is 4.45. The lowest BCUT2D eigenvalue weighted by Crippen LogP contribution is -2.09. The highest BCUT2D eigenvalue weighted by Gasteiger charge is 2.28. The maximum atomic E-state index is 13.6. The molecule has 4 heteroatoms. The molecule has 1 atom stereocenters. The third kappa shape index (κ3) is 1.18. The third-order valence-electron chi connectivity index (χ3n) is 2.62. The van der Waals surface area contributed by atoms with Gasteiger partial charge in [-0.1, -0.05) is 0 Å². The number of halogens is 2. The molecule has 0 radical (unpaired) electrons. The predicted molar refractivity (Wildman–Crippen MR) is 48.2 cm³/mol. The van der Waals surface area contributed by atoms with E-state index in [9.17, 15) is 8.78 Å². The molecule has 0 aromatic heterocycles. The highest BCUT2D eigenvalue weighted by atomic mass is 19.1. The van der Waals surface area contributed by atoms with Gasteiger partial charge in [-0.05, 0) is 18.4 Å². The van der Waals surface area contributed by atoms with Gasteiger partial charge in [-0.15, -0.1) is 0 Å². The normalized spacial score (nSPS) is 19.6. The van der Waals surface area contributed by atoms with E-state index in [1.807, 2.05) is 0 Å². The van der Waals surface area contributed by atoms with E-state index in [1.54, 1.807) is 0 Å². The van der Waals surface area contributed by atoms with Gasteiger partial charge in [0.05, 0.1) is 7.11 Å². The second-order valence-corrected chi connectivity index (χ2v) is 3.41. The van der Waals surface area contributed by atoms with Crippen molar-refractivity contribution in [1.82, 2.24) is 0 Å². The van der Waals surface area contributed by atoms with E-state index in [2.05, 4.69) is 0 Å². The fourth-order valence-corrected chi connectivity index (χ4v) is 1.89. The van der Waals surface area contributed by atoms with Crippen LogP contribution >= 0.6 is 0 Å². The van der Waals surface area contributed by atoms with E-state index in [-0.39, 0.29) is 11.3 Å². The van der Waals surface area contributed by atoms with E-state index in [0.29, 0.717) is 18.4 Å². The first kappa shape index (κ1) is 9.40. The molecule has 14 heavy (non-hydrogen) atoms. The Hall–Kier alpha value is -1.16. The van der Waals surface area contributed by atoms with Crippen molar-refractivity contribution >= 4 is 0 Å². The Morgan fingerprint density at radius 3 is 2.86 bits per heavy atom. The second kappa shape index (κ2) is 3.20. The fraction of sp³-hybridized carbons (Fsp3) is 0.400. The van der Waals surface area contributed by atoms with Crippen molar-refractivity contribution in [3.8, 4) is 5.75 Å². The van der Waals surface area contributed by atoms with Crippen molar-refractivity contribution in [1.29, 1.82) is 0 Å². The summed E-state index contributed by atoms with van der Waals surface area (Å²) in [4.78, 5) is 0. The van der Waals surface area contributed by atoms with Crippen LogP contribution in [-0.2, 0) is 6.42 Å². The Labute approximate surface area is 80.7 Å². The Balaban J connectivity index is 2.65. The molecule has 0 amide bonds. The zero-order chi connectivity index (χ0) is 10.3. The highest BCUT2D eigenvalue weighted by molar-refractivity contribution is 5.43. The van der Waals surface area contributed by atoms with Crippen LogP contribution in [0, 0.1) is 11.6 Å². The van der Waals surface area contributed by atoms with Crippen LogP contribution in [0.5, 0.6) is 5.75 Å². The van der Waals surface area contributed by atoms with Gasteiger partial charge in [-0.2, -0.15) is 0 Å². The molecule has 1 aromatic carbocycles. The van der Waals surface area contributed by atoms with Gasteiger partial charge in [0.15, 0.2) is 11.6 Å². The molecule has 2 N–H and O–H groups in total. The number of methoxy groups -OCH3 is 1. The van der Waals surface area contributed by atoms with E-state index in [4.69, 9.17) is 10.5 Å². The molecule has 1 aliphatic carbocycles. The van der Waals surface area contributed by atoms with Crippen molar-refractivity contribution in [3.63, 3.8) is 0 Å². The quantitative estimate of drug-likeness (QED) is 0.749. The average molecular weight is 199 g/mol. The molecule has 0 aliphatic heterocycles. The zero-order valence-corrected chi connectivity index (χ0v) is 7.81. The average Bonchev–Trinajstić information content (AvgIpc) is 2.54. The van der Waals surface area contributed by atoms with Crippen LogP contribution in [0.2, 0.25) is 0 Å². The number of hydrogen-bond donors (Lipinski definition) is 1. The van der Waals surface area contributed by atoms with E-state index >= 15 is 0 Å². The first-order chi connectivity index (χ1) is 6.65. The maximum absolute atomic E-state index is 13.6. The lowest BCUT2D eigenvalue weighted by atomic mass is 10.1. The molecule has 0 heterocycles. The van der Waals surface area contributed by atoms with Gasteiger partial charge in [-0.25, -0.2) is 8.78 Å². The summed E-state index contributed by atoms with van der Waals surface area (Å²) in [5, 5.41) is 0. The largest absolute Gasteiger partial charge is 0.494 e. The zero-order valence-electron chi connectivity index (χ0n) is 7.81. The number of ether oxygens (including phenoxy) is 1. The minimum Gasteiger partial charge on any atom is -0.494 e. The summed E-state index contributed by atoms with van der Waals surface area (Å²) in [6.07, 6.45) is 1.10. The topological polar surface area (TPSA) is 35.2 Å². The molecule has 1 aromatic rings. The molecular formula is C10H11F2NO. The number of hydrogen-bond acceptors (Lipinski definition) is 2. The van der Waals surface area contributed by atoms with Gasteiger partial charge in [0.25, 0.3) is 0 Å². The minimum atomic E-state index is -0.520. The summed E-state index contributed by atoms with van der Waals surface area (Å²) in [6, 6.07) is 0.668. The summed E-state index contributed by atoms with van der Waals surface area (Å²) >= 11 is 0. The molecule has 0 saturated heterocycles. The van der Waals surface area contributed by atoms with Gasteiger partial charge in [0.1, 0.15) is 5.82 Å². The number of fused-ring (bicyclic) bond motifs is 1. The second-order valence-electron chi connectivity index (χ2n) is 3.41. The predicted octanol–water partition coefficient (Wildman–Crippen LogP) is 1.92. The van der Waals surface area contributed by atoms with E-state index in [0.717, 1.165) is 6.07 Å². The van der Waals surface area contributed by atoms with Gasteiger partial charge in [0.2, 0.25) is 0 Å². The summed E-state index contributed by atoms with van der Waals surface area (Å²) in [6.45, 7) is 0. The van der Waals surface area contributed by atoms with Crippen molar-refractivity contribution in [2.24, 2.45) is 5.73 Å². The van der Waals surface area contributed by atoms with Crippen molar-refractivity contribution in [3.05, 3.63) is 28.8 Å².